The predicted molar refractivity (Wildman–Crippen MR) is 42.0 cm³/mol. The molecule has 1 unspecified atom stereocenters. The number of halogens is 3. The normalized spacial score (nSPS) is 13.6. The van der Waals surface area contributed by atoms with Gasteiger partial charge in [-0.05, 0) is 5.56 Å². The monoisotopic (exact) mass is 203 g/mol. The molecule has 0 saturated carbocycles. The fourth-order valence-electron chi connectivity index (χ4n) is 0.922. The zero-order chi connectivity index (χ0) is 10.6. The molecule has 2 nitrogen and oxygen atoms in total. The van der Waals surface area contributed by atoms with Crippen molar-refractivity contribution < 1.29 is 22.7 Å². The molecule has 0 aliphatic heterocycles. The smallest absolute Gasteiger partial charge is 0.287 e. The van der Waals surface area contributed by atoms with Gasteiger partial charge in [-0.1, -0.05) is 30.3 Å². The number of benzene rings is 1. The summed E-state index contributed by atoms with van der Waals surface area (Å²) < 4.78 is 38.9. The van der Waals surface area contributed by atoms with Crippen LogP contribution < -0.4 is 0 Å². The Bertz CT molecular complexity index is 295. The lowest BCUT2D eigenvalue weighted by Crippen LogP contribution is -2.18. The van der Waals surface area contributed by atoms with E-state index >= 15 is 0 Å². The third kappa shape index (κ3) is 3.18. The van der Waals surface area contributed by atoms with Crippen molar-refractivity contribution >= 4 is 6.29 Å². The second-order valence-electron chi connectivity index (χ2n) is 2.47. The van der Waals surface area contributed by atoms with E-state index in [2.05, 4.69) is 4.74 Å². The fraction of sp³-hybridized carbons (Fsp3) is 0.222. The summed E-state index contributed by atoms with van der Waals surface area (Å²) in [5.41, 5.74) is 0.125. The van der Waals surface area contributed by atoms with Crippen LogP contribution in [0.3, 0.4) is 0 Å². The van der Waals surface area contributed by atoms with Crippen molar-refractivity contribution in [1.82, 2.24) is 0 Å². The van der Waals surface area contributed by atoms with Crippen molar-refractivity contribution in [2.24, 2.45) is 0 Å². The maximum Gasteiger partial charge on any atom is 0.523 e. The molecule has 0 spiro atoms. The highest BCUT2D eigenvalue weighted by Crippen LogP contribution is 2.25. The van der Waals surface area contributed by atoms with Gasteiger partial charge in [-0.2, -0.15) is 0 Å². The van der Waals surface area contributed by atoms with Crippen LogP contribution in [0.15, 0.2) is 30.3 Å². The molecule has 5 heteroatoms. The Morgan fingerprint density at radius 2 is 1.79 bits per heavy atom. The van der Waals surface area contributed by atoms with Crippen LogP contribution in [0.2, 0.25) is 0 Å². The summed E-state index contributed by atoms with van der Waals surface area (Å²) in [7, 11) is 0. The molecule has 0 heterocycles. The Hall–Kier alpha value is -1.36. The lowest BCUT2D eigenvalue weighted by Gasteiger charge is -2.13. The number of hydrogen-bond acceptors (Lipinski definition) is 2. The van der Waals surface area contributed by atoms with Gasteiger partial charge in [0.25, 0.3) is 0 Å². The molecule has 75 valence electrons. The van der Waals surface area contributed by atoms with Crippen molar-refractivity contribution in [3.8, 4) is 0 Å². The van der Waals surface area contributed by atoms with Crippen LogP contribution in [0.4, 0.5) is 13.2 Å². The zero-order valence-electron chi connectivity index (χ0n) is 6.91. The first-order chi connectivity index (χ1) is 6.53. The van der Waals surface area contributed by atoms with E-state index in [9.17, 15) is 18.0 Å². The Balaban J connectivity index is 2.78. The number of hydrogen-bond donors (Lipinski definition) is 0. The molecular weight excluding hydrogens is 197 g/mol. The van der Waals surface area contributed by atoms with Crippen LogP contribution in [0.1, 0.15) is 11.7 Å². The van der Waals surface area contributed by atoms with E-state index in [1.807, 2.05) is 0 Å². The van der Waals surface area contributed by atoms with Crippen LogP contribution in [-0.2, 0) is 9.53 Å². The Morgan fingerprint density at radius 1 is 1.21 bits per heavy atom. The third-order valence-electron chi connectivity index (χ3n) is 1.46. The van der Waals surface area contributed by atoms with Gasteiger partial charge in [0, 0.05) is 0 Å². The molecule has 14 heavy (non-hydrogen) atoms. The second kappa shape index (κ2) is 4.23. The molecule has 1 rings (SSSR count). The summed E-state index contributed by atoms with van der Waals surface area (Å²) in [6, 6.07) is 7.38. The lowest BCUT2D eigenvalue weighted by molar-refractivity contribution is -0.335. The zero-order valence-corrected chi connectivity index (χ0v) is 6.91. The first-order valence-electron chi connectivity index (χ1n) is 3.70. The maximum atomic E-state index is 11.8. The summed E-state index contributed by atoms with van der Waals surface area (Å²) in [5.74, 6) is 0. The molecule has 0 fully saturated rings. The largest absolute Gasteiger partial charge is 0.523 e. The number of alkyl halides is 3. The van der Waals surface area contributed by atoms with E-state index in [1.54, 1.807) is 6.07 Å². The van der Waals surface area contributed by atoms with E-state index in [4.69, 9.17) is 0 Å². The highest BCUT2D eigenvalue weighted by molar-refractivity contribution is 5.60. The van der Waals surface area contributed by atoms with Crippen molar-refractivity contribution in [3.05, 3.63) is 35.9 Å². The Labute approximate surface area is 78.3 Å². The molecule has 0 bridgehead atoms. The van der Waals surface area contributed by atoms with Gasteiger partial charge in [0.05, 0.1) is 0 Å². The lowest BCUT2D eigenvalue weighted by atomic mass is 10.1. The maximum absolute atomic E-state index is 11.8. The minimum atomic E-state index is -4.84. The first kappa shape index (κ1) is 10.7. The van der Waals surface area contributed by atoms with E-state index in [1.165, 1.54) is 30.6 Å². The molecule has 1 aromatic rings. The van der Waals surface area contributed by atoms with Gasteiger partial charge in [-0.15, -0.1) is 13.2 Å². The van der Waals surface area contributed by atoms with Gasteiger partial charge >= 0.3 is 6.36 Å². The van der Waals surface area contributed by atoms with E-state index in [0.29, 0.717) is 0 Å². The Kier molecular flexibility index (Phi) is 3.24. The quantitative estimate of drug-likeness (QED) is 0.753. The second-order valence-corrected chi connectivity index (χ2v) is 2.47. The number of carbonyl (C=O) groups excluding carboxylic acids is 1. The molecule has 0 amide bonds. The van der Waals surface area contributed by atoms with Crippen molar-refractivity contribution in [3.63, 3.8) is 0 Å². The highest BCUT2D eigenvalue weighted by atomic mass is 19.4. The van der Waals surface area contributed by atoms with Gasteiger partial charge < -0.3 is 0 Å². The van der Waals surface area contributed by atoms with Gasteiger partial charge in [0.15, 0.2) is 6.10 Å². The summed E-state index contributed by atoms with van der Waals surface area (Å²) in [5, 5.41) is 0. The molecule has 0 aliphatic rings. The summed E-state index contributed by atoms with van der Waals surface area (Å²) >= 11 is 0. The minimum absolute atomic E-state index is 0.125. The topological polar surface area (TPSA) is 26.3 Å². The van der Waals surface area contributed by atoms with Gasteiger partial charge in [0.2, 0.25) is 6.29 Å². The average molecular weight is 203 g/mol. The highest BCUT2D eigenvalue weighted by Gasteiger charge is 2.34. The average Bonchev–Trinajstić information content (AvgIpc) is 2.14. The van der Waals surface area contributed by atoms with Crippen molar-refractivity contribution in [2.75, 3.05) is 0 Å². The van der Waals surface area contributed by atoms with E-state index in [-0.39, 0.29) is 5.56 Å². The predicted octanol–water partition coefficient (Wildman–Crippen LogP) is 2.37. The molecule has 1 atom stereocenters. The van der Waals surface area contributed by atoms with Crippen molar-refractivity contribution in [1.29, 1.82) is 0 Å². The van der Waals surface area contributed by atoms with Crippen LogP contribution in [-0.4, -0.2) is 12.6 Å². The molecule has 0 aromatic heterocycles. The van der Waals surface area contributed by atoms with Crippen molar-refractivity contribution in [2.45, 2.75) is 12.5 Å². The fourth-order valence-corrected chi connectivity index (χ4v) is 0.922. The summed E-state index contributed by atoms with van der Waals surface area (Å²) in [4.78, 5) is 10.2. The summed E-state index contributed by atoms with van der Waals surface area (Å²) in [6.45, 7) is 0. The number of rotatable bonds is 3. The molecular formula is C9H6F3O2. The standard InChI is InChI=1S/C9H6F3O2/c10-9(11,12)14-8(6-13)7-4-2-1-3-5-7/h1-5,8H. The van der Waals surface area contributed by atoms with Crippen LogP contribution >= 0.6 is 0 Å². The summed E-state index contributed by atoms with van der Waals surface area (Å²) in [6.07, 6.45) is -5.36. The van der Waals surface area contributed by atoms with E-state index in [0.717, 1.165) is 0 Å². The molecule has 0 aliphatic carbocycles. The van der Waals surface area contributed by atoms with Crippen LogP contribution in [0.5, 0.6) is 0 Å². The Morgan fingerprint density at radius 3 is 2.21 bits per heavy atom. The minimum Gasteiger partial charge on any atom is -0.287 e. The SMILES string of the molecule is O=[C]C(OC(F)(F)F)c1ccccc1. The molecule has 0 N–H and O–H groups in total. The van der Waals surface area contributed by atoms with Gasteiger partial charge in [0.1, 0.15) is 0 Å². The van der Waals surface area contributed by atoms with Crippen LogP contribution in [0, 0.1) is 0 Å². The van der Waals surface area contributed by atoms with E-state index < -0.39 is 12.5 Å². The van der Waals surface area contributed by atoms with Crippen LogP contribution in [0.25, 0.3) is 0 Å². The molecule has 1 aromatic carbocycles. The first-order valence-corrected chi connectivity index (χ1v) is 3.70. The number of ether oxygens (including phenoxy) is 1. The molecule has 1 radical (unpaired) electrons. The van der Waals surface area contributed by atoms with Gasteiger partial charge in [-0.25, -0.2) is 0 Å². The molecule has 0 saturated heterocycles. The van der Waals surface area contributed by atoms with Gasteiger partial charge in [-0.3, -0.25) is 9.53 Å². The third-order valence-corrected chi connectivity index (χ3v) is 1.46.